The van der Waals surface area contributed by atoms with Gasteiger partial charge >= 0.3 is 6.03 Å². The van der Waals surface area contributed by atoms with Crippen molar-refractivity contribution in [2.45, 2.75) is 77.2 Å². The van der Waals surface area contributed by atoms with Crippen molar-refractivity contribution in [2.75, 3.05) is 13.6 Å². The van der Waals surface area contributed by atoms with E-state index in [0.29, 0.717) is 26.1 Å². The van der Waals surface area contributed by atoms with Crippen LogP contribution in [0.15, 0.2) is 78.9 Å². The van der Waals surface area contributed by atoms with E-state index in [9.17, 15) is 19.5 Å². The number of nitrogens with one attached hydrogen (secondary N) is 5. The van der Waals surface area contributed by atoms with Crippen molar-refractivity contribution in [3.05, 3.63) is 95.6 Å². The molecule has 9 nitrogen and oxygen atoms in total. The third kappa shape index (κ3) is 11.8. The van der Waals surface area contributed by atoms with Gasteiger partial charge in [0.1, 0.15) is 6.04 Å². The molecular weight excluding hydrogens is 554 g/mol. The number of aliphatic hydroxyl groups excluding tert-OH is 1. The molecule has 236 valence electrons. The molecule has 0 fully saturated rings. The minimum atomic E-state index is -0.669. The third-order valence-corrected chi connectivity index (χ3v) is 7.35. The maximum atomic E-state index is 13.3. The van der Waals surface area contributed by atoms with E-state index in [1.165, 1.54) is 5.56 Å². The van der Waals surface area contributed by atoms with Gasteiger partial charge in [0.15, 0.2) is 0 Å². The van der Waals surface area contributed by atoms with Crippen LogP contribution in [0.1, 0.15) is 56.7 Å². The van der Waals surface area contributed by atoms with Crippen molar-refractivity contribution >= 4 is 17.8 Å². The number of aryl methyl sites for hydroxylation is 1. The van der Waals surface area contributed by atoms with Crippen LogP contribution in [0.4, 0.5) is 4.79 Å². The van der Waals surface area contributed by atoms with E-state index in [0.717, 1.165) is 35.1 Å². The van der Waals surface area contributed by atoms with Gasteiger partial charge in [0.2, 0.25) is 11.8 Å². The number of urea groups is 1. The topological polar surface area (TPSA) is 132 Å². The SMILES string of the molecule is CNC(=O)NCc1ccccc1-c1ccc(CNC(=O)C(CCCc2ccccc2)NC(=O)CC(C)(C)NCC(C)O)cc1. The molecule has 0 aliphatic rings. The van der Waals surface area contributed by atoms with Gasteiger partial charge in [-0.15, -0.1) is 0 Å². The van der Waals surface area contributed by atoms with Gasteiger partial charge in [-0.1, -0.05) is 78.9 Å². The molecule has 0 heterocycles. The van der Waals surface area contributed by atoms with E-state index in [-0.39, 0.29) is 24.3 Å². The molecule has 0 aliphatic carbocycles. The van der Waals surface area contributed by atoms with Gasteiger partial charge in [0, 0.05) is 38.6 Å². The van der Waals surface area contributed by atoms with Gasteiger partial charge in [-0.25, -0.2) is 4.79 Å². The van der Waals surface area contributed by atoms with Crippen molar-refractivity contribution in [3.8, 4) is 11.1 Å². The van der Waals surface area contributed by atoms with Crippen molar-refractivity contribution in [3.63, 3.8) is 0 Å². The minimum Gasteiger partial charge on any atom is -0.392 e. The molecule has 0 bridgehead atoms. The molecule has 0 saturated carbocycles. The van der Waals surface area contributed by atoms with Crippen molar-refractivity contribution in [1.29, 1.82) is 0 Å². The highest BCUT2D eigenvalue weighted by Crippen LogP contribution is 2.24. The van der Waals surface area contributed by atoms with E-state index in [4.69, 9.17) is 0 Å². The van der Waals surface area contributed by atoms with Crippen LogP contribution in [0, 0.1) is 0 Å². The molecule has 2 atom stereocenters. The van der Waals surface area contributed by atoms with Crippen LogP contribution < -0.4 is 26.6 Å². The second-order valence-corrected chi connectivity index (χ2v) is 11.8. The average molecular weight is 602 g/mol. The molecule has 3 rings (SSSR count). The lowest BCUT2D eigenvalue weighted by atomic mass is 9.98. The first-order valence-electron chi connectivity index (χ1n) is 15.2. The zero-order chi connectivity index (χ0) is 32.0. The number of β-amino-alcohol motifs (C(OH)–C–C–N with tert-alkyl or cyclic N) is 1. The summed E-state index contributed by atoms with van der Waals surface area (Å²) in [7, 11) is 1.58. The summed E-state index contributed by atoms with van der Waals surface area (Å²) in [4.78, 5) is 38.0. The van der Waals surface area contributed by atoms with Crippen LogP contribution in [0.5, 0.6) is 0 Å². The smallest absolute Gasteiger partial charge is 0.314 e. The fraction of sp³-hybridized carbons (Fsp3) is 0.400. The largest absolute Gasteiger partial charge is 0.392 e. The number of benzene rings is 3. The first-order valence-corrected chi connectivity index (χ1v) is 15.2. The second-order valence-electron chi connectivity index (χ2n) is 11.8. The van der Waals surface area contributed by atoms with E-state index in [1.807, 2.05) is 80.6 Å². The number of carbonyl (C=O) groups excluding carboxylic acids is 3. The Morgan fingerprint density at radius 2 is 1.52 bits per heavy atom. The summed E-state index contributed by atoms with van der Waals surface area (Å²) < 4.78 is 0. The summed E-state index contributed by atoms with van der Waals surface area (Å²) in [5.74, 6) is -0.447. The molecule has 0 aromatic heterocycles. The van der Waals surface area contributed by atoms with Gasteiger partial charge in [-0.3, -0.25) is 9.59 Å². The molecule has 0 aliphatic heterocycles. The number of amides is 4. The van der Waals surface area contributed by atoms with Crippen molar-refractivity contribution < 1.29 is 19.5 Å². The lowest BCUT2D eigenvalue weighted by Gasteiger charge is -2.28. The molecule has 0 spiro atoms. The lowest BCUT2D eigenvalue weighted by molar-refractivity contribution is -0.130. The Morgan fingerprint density at radius 1 is 0.841 bits per heavy atom. The Morgan fingerprint density at radius 3 is 2.20 bits per heavy atom. The van der Waals surface area contributed by atoms with Crippen LogP contribution in [0.25, 0.3) is 11.1 Å². The number of rotatable bonds is 16. The quantitative estimate of drug-likeness (QED) is 0.148. The normalized spacial score (nSPS) is 12.6. The first kappa shape index (κ1) is 34.3. The van der Waals surface area contributed by atoms with Crippen LogP contribution in [0.2, 0.25) is 0 Å². The van der Waals surface area contributed by atoms with Crippen molar-refractivity contribution in [2.24, 2.45) is 0 Å². The highest BCUT2D eigenvalue weighted by Gasteiger charge is 2.26. The van der Waals surface area contributed by atoms with E-state index in [1.54, 1.807) is 14.0 Å². The van der Waals surface area contributed by atoms with Gasteiger partial charge in [0.25, 0.3) is 0 Å². The van der Waals surface area contributed by atoms with Crippen molar-refractivity contribution in [1.82, 2.24) is 26.6 Å². The number of hydrogen-bond donors (Lipinski definition) is 6. The number of aliphatic hydroxyl groups is 1. The molecule has 0 radical (unpaired) electrons. The molecule has 4 amide bonds. The van der Waals surface area contributed by atoms with E-state index < -0.39 is 17.7 Å². The van der Waals surface area contributed by atoms with Crippen LogP contribution in [-0.4, -0.2) is 54.2 Å². The summed E-state index contributed by atoms with van der Waals surface area (Å²) in [5, 5.41) is 24.2. The van der Waals surface area contributed by atoms with Crippen LogP contribution >= 0.6 is 0 Å². The Kier molecular flexibility index (Phi) is 13.4. The van der Waals surface area contributed by atoms with E-state index >= 15 is 0 Å². The van der Waals surface area contributed by atoms with E-state index in [2.05, 4.69) is 38.7 Å². The molecule has 9 heteroatoms. The molecule has 0 saturated heterocycles. The second kappa shape index (κ2) is 17.2. The summed E-state index contributed by atoms with van der Waals surface area (Å²) in [5.41, 5.74) is 4.60. The van der Waals surface area contributed by atoms with Gasteiger partial charge in [0.05, 0.1) is 6.10 Å². The molecule has 3 aromatic carbocycles. The zero-order valence-corrected chi connectivity index (χ0v) is 26.3. The molecule has 2 unspecified atom stereocenters. The summed E-state index contributed by atoms with van der Waals surface area (Å²) in [6.07, 6.45) is 1.71. The number of carbonyl (C=O) groups is 3. The maximum absolute atomic E-state index is 13.3. The predicted octanol–water partition coefficient (Wildman–Crippen LogP) is 4.05. The Balaban J connectivity index is 1.63. The molecule has 3 aromatic rings. The highest BCUT2D eigenvalue weighted by molar-refractivity contribution is 5.88. The zero-order valence-electron chi connectivity index (χ0n) is 26.3. The van der Waals surface area contributed by atoms with Gasteiger partial charge in [-0.2, -0.15) is 0 Å². The minimum absolute atomic E-state index is 0.170. The standard InChI is InChI=1S/C35H47N5O4/c1-25(41)22-39-35(2,3)21-32(42)40-31(16-10-13-26-11-6-5-7-12-26)33(43)37-23-27-17-19-28(20-18-27)30-15-9-8-14-29(30)24-38-34(44)36-4/h5-9,11-12,14-15,17-20,25,31,39,41H,10,13,16,21-24H2,1-4H3,(H,37,43)(H,40,42)(H2,36,38,44). The monoisotopic (exact) mass is 601 g/mol. The predicted molar refractivity (Wildman–Crippen MR) is 175 cm³/mol. The maximum Gasteiger partial charge on any atom is 0.314 e. The van der Waals surface area contributed by atoms with Crippen LogP contribution in [-0.2, 0) is 29.1 Å². The van der Waals surface area contributed by atoms with Gasteiger partial charge in [-0.05, 0) is 67.9 Å². The Bertz CT molecular complexity index is 1340. The molecular formula is C35H47N5O4. The Hall–Kier alpha value is -4.21. The Labute approximate surface area is 261 Å². The number of hydrogen-bond acceptors (Lipinski definition) is 5. The summed E-state index contributed by atoms with van der Waals surface area (Å²) in [6, 6.07) is 25.0. The average Bonchev–Trinajstić information content (AvgIpc) is 3.01. The fourth-order valence-electron chi connectivity index (χ4n) is 4.89. The third-order valence-electron chi connectivity index (χ3n) is 7.35. The van der Waals surface area contributed by atoms with Crippen LogP contribution in [0.3, 0.4) is 0 Å². The highest BCUT2D eigenvalue weighted by atomic mass is 16.3. The molecule has 44 heavy (non-hydrogen) atoms. The summed E-state index contributed by atoms with van der Waals surface area (Å²) in [6.45, 7) is 6.60. The molecule has 6 N–H and O–H groups in total. The fourth-order valence-corrected chi connectivity index (χ4v) is 4.89. The van der Waals surface area contributed by atoms with Gasteiger partial charge < -0.3 is 31.7 Å². The summed E-state index contributed by atoms with van der Waals surface area (Å²) >= 11 is 0. The lowest BCUT2D eigenvalue weighted by Crippen LogP contribution is -2.51. The first-order chi connectivity index (χ1) is 21.1.